The van der Waals surface area contributed by atoms with E-state index in [1.165, 1.54) is 12.1 Å². The molecule has 1 atom stereocenters. The number of halogens is 4. The van der Waals surface area contributed by atoms with E-state index in [0.717, 1.165) is 18.9 Å². The summed E-state index contributed by atoms with van der Waals surface area (Å²) in [7, 11) is 0. The monoisotopic (exact) mass is 350 g/mol. The average molecular weight is 351 g/mol. The van der Waals surface area contributed by atoms with E-state index in [-0.39, 0.29) is 11.6 Å². The molecule has 3 nitrogen and oxygen atoms in total. The van der Waals surface area contributed by atoms with E-state index in [0.29, 0.717) is 17.4 Å². The maximum atomic E-state index is 13.0. The van der Waals surface area contributed by atoms with Crippen LogP contribution in [0.15, 0.2) is 22.7 Å². The predicted octanol–water partition coefficient (Wildman–Crippen LogP) is 3.55. The molecule has 1 heterocycles. The van der Waals surface area contributed by atoms with Crippen molar-refractivity contribution >= 4 is 27.5 Å². The lowest BCUT2D eigenvalue weighted by molar-refractivity contribution is -0.137. The van der Waals surface area contributed by atoms with Gasteiger partial charge in [0, 0.05) is 16.7 Å². The quantitative estimate of drug-likeness (QED) is 0.856. The van der Waals surface area contributed by atoms with Crippen LogP contribution in [0.1, 0.15) is 24.8 Å². The molecule has 7 heteroatoms. The highest BCUT2D eigenvalue weighted by Gasteiger charge is 2.34. The Kier molecular flexibility index (Phi) is 4.57. The van der Waals surface area contributed by atoms with Crippen molar-refractivity contribution in [3.05, 3.63) is 28.2 Å². The fourth-order valence-corrected chi connectivity index (χ4v) is 2.50. The van der Waals surface area contributed by atoms with Crippen molar-refractivity contribution < 1.29 is 18.0 Å². The smallest absolute Gasteiger partial charge is 0.373 e. The number of rotatable bonds is 2. The van der Waals surface area contributed by atoms with E-state index in [9.17, 15) is 18.0 Å². The van der Waals surface area contributed by atoms with Crippen molar-refractivity contribution in [2.24, 2.45) is 0 Å². The fraction of sp³-hybridized carbons (Fsp3) is 0.462. The van der Waals surface area contributed by atoms with Crippen LogP contribution in [0.2, 0.25) is 0 Å². The molecule has 0 aliphatic carbocycles. The molecule has 0 saturated carbocycles. The van der Waals surface area contributed by atoms with Gasteiger partial charge >= 0.3 is 6.18 Å². The summed E-state index contributed by atoms with van der Waals surface area (Å²) in [5, 5.41) is 5.41. The number of amides is 1. The van der Waals surface area contributed by atoms with Gasteiger partial charge in [-0.1, -0.05) is 15.9 Å². The zero-order valence-corrected chi connectivity index (χ0v) is 12.1. The lowest BCUT2D eigenvalue weighted by Gasteiger charge is -2.20. The Balaban J connectivity index is 2.26. The number of alkyl halides is 3. The maximum Gasteiger partial charge on any atom is 0.418 e. The maximum absolute atomic E-state index is 13.0. The third kappa shape index (κ3) is 3.65. The van der Waals surface area contributed by atoms with Crippen LogP contribution in [0.25, 0.3) is 0 Å². The van der Waals surface area contributed by atoms with E-state index in [1.54, 1.807) is 0 Å². The third-order valence-corrected chi connectivity index (χ3v) is 3.65. The van der Waals surface area contributed by atoms with Gasteiger partial charge < -0.3 is 10.6 Å². The summed E-state index contributed by atoms with van der Waals surface area (Å²) < 4.78 is 39.3. The molecule has 1 aromatic carbocycles. The Morgan fingerprint density at radius 1 is 1.30 bits per heavy atom. The van der Waals surface area contributed by atoms with Gasteiger partial charge in [0.05, 0.1) is 5.56 Å². The highest BCUT2D eigenvalue weighted by Crippen LogP contribution is 2.37. The van der Waals surface area contributed by atoms with E-state index in [1.807, 2.05) is 0 Å². The molecule has 110 valence electrons. The summed E-state index contributed by atoms with van der Waals surface area (Å²) >= 11 is 3.03. The zero-order valence-electron chi connectivity index (χ0n) is 10.6. The first-order valence-corrected chi connectivity index (χ1v) is 7.08. The van der Waals surface area contributed by atoms with Gasteiger partial charge in [-0.25, -0.2) is 0 Å². The Morgan fingerprint density at radius 2 is 2.05 bits per heavy atom. The molecule has 2 rings (SSSR count). The van der Waals surface area contributed by atoms with Gasteiger partial charge in [0.2, 0.25) is 5.91 Å². The molecule has 0 radical (unpaired) electrons. The van der Waals surface area contributed by atoms with Crippen LogP contribution in [0, 0.1) is 0 Å². The summed E-state index contributed by atoms with van der Waals surface area (Å²) in [6.45, 7) is 0.573. The third-order valence-electron chi connectivity index (χ3n) is 3.15. The molecule has 1 saturated heterocycles. The fourth-order valence-electron chi connectivity index (χ4n) is 2.14. The lowest BCUT2D eigenvalue weighted by atomic mass is 10.1. The van der Waals surface area contributed by atoms with Gasteiger partial charge in [-0.2, -0.15) is 13.2 Å². The second kappa shape index (κ2) is 6.03. The molecule has 1 fully saturated rings. The summed E-state index contributed by atoms with van der Waals surface area (Å²) in [6, 6.07) is 3.24. The minimum Gasteiger partial charge on any atom is -0.373 e. The molecule has 0 aromatic heterocycles. The van der Waals surface area contributed by atoms with Gasteiger partial charge in [0.25, 0.3) is 0 Å². The standard InChI is InChI=1S/C13H14BrF3N2O/c14-8-4-5-10(9(7-8)13(15,16)17)19-11-3-1-2-6-18-12(11)20/h4-5,7,11,19H,1-3,6H2,(H,18,20). The SMILES string of the molecule is O=C1NCCCCC1Nc1ccc(Br)cc1C(F)(F)F. The van der Waals surface area contributed by atoms with Gasteiger partial charge in [0.15, 0.2) is 0 Å². The molecule has 1 aliphatic heterocycles. The van der Waals surface area contributed by atoms with E-state index in [2.05, 4.69) is 26.6 Å². The summed E-state index contributed by atoms with van der Waals surface area (Å²) in [4.78, 5) is 11.8. The molecule has 0 spiro atoms. The zero-order chi connectivity index (χ0) is 14.8. The van der Waals surface area contributed by atoms with Crippen molar-refractivity contribution in [1.82, 2.24) is 5.32 Å². The Morgan fingerprint density at radius 3 is 2.75 bits per heavy atom. The van der Waals surface area contributed by atoms with Crippen molar-refractivity contribution in [3.63, 3.8) is 0 Å². The number of hydrogen-bond donors (Lipinski definition) is 2. The minimum atomic E-state index is -4.46. The lowest BCUT2D eigenvalue weighted by Crippen LogP contribution is -2.38. The number of anilines is 1. The molecule has 1 aromatic rings. The molecular formula is C13H14BrF3N2O. The van der Waals surface area contributed by atoms with Crippen LogP contribution in [-0.4, -0.2) is 18.5 Å². The number of hydrogen-bond acceptors (Lipinski definition) is 2. The second-order valence-corrected chi connectivity index (χ2v) is 5.59. The largest absolute Gasteiger partial charge is 0.418 e. The molecule has 20 heavy (non-hydrogen) atoms. The first-order chi connectivity index (χ1) is 9.38. The van der Waals surface area contributed by atoms with E-state index in [4.69, 9.17) is 0 Å². The highest BCUT2D eigenvalue weighted by atomic mass is 79.9. The van der Waals surface area contributed by atoms with E-state index < -0.39 is 17.8 Å². The second-order valence-electron chi connectivity index (χ2n) is 4.67. The molecule has 0 bridgehead atoms. The Hall–Kier alpha value is -1.24. The topological polar surface area (TPSA) is 41.1 Å². The molecule has 2 N–H and O–H groups in total. The van der Waals surface area contributed by atoms with Crippen LogP contribution in [-0.2, 0) is 11.0 Å². The summed E-state index contributed by atoms with van der Waals surface area (Å²) in [5.74, 6) is -0.251. The van der Waals surface area contributed by atoms with Crippen LogP contribution in [0.5, 0.6) is 0 Å². The first-order valence-electron chi connectivity index (χ1n) is 6.29. The molecular weight excluding hydrogens is 337 g/mol. The number of benzene rings is 1. The van der Waals surface area contributed by atoms with Crippen LogP contribution in [0.3, 0.4) is 0 Å². The number of carbonyl (C=O) groups is 1. The molecule has 1 unspecified atom stereocenters. The number of carbonyl (C=O) groups excluding carboxylic acids is 1. The Labute approximate surface area is 123 Å². The van der Waals surface area contributed by atoms with Gasteiger partial charge in [-0.05, 0) is 37.5 Å². The van der Waals surface area contributed by atoms with Crippen LogP contribution in [0.4, 0.5) is 18.9 Å². The van der Waals surface area contributed by atoms with Crippen molar-refractivity contribution in [2.45, 2.75) is 31.5 Å². The number of nitrogens with one attached hydrogen (secondary N) is 2. The van der Waals surface area contributed by atoms with Crippen molar-refractivity contribution in [1.29, 1.82) is 0 Å². The highest BCUT2D eigenvalue weighted by molar-refractivity contribution is 9.10. The van der Waals surface area contributed by atoms with Crippen LogP contribution < -0.4 is 10.6 Å². The van der Waals surface area contributed by atoms with Crippen molar-refractivity contribution in [2.75, 3.05) is 11.9 Å². The predicted molar refractivity (Wildman–Crippen MR) is 73.4 cm³/mol. The summed E-state index contributed by atoms with van der Waals surface area (Å²) in [5.41, 5.74) is -0.841. The molecule has 1 aliphatic rings. The van der Waals surface area contributed by atoms with Crippen molar-refractivity contribution in [3.8, 4) is 0 Å². The van der Waals surface area contributed by atoms with Gasteiger partial charge in [-0.3, -0.25) is 4.79 Å². The normalized spacial score (nSPS) is 20.2. The van der Waals surface area contributed by atoms with Crippen LogP contribution >= 0.6 is 15.9 Å². The first kappa shape index (κ1) is 15.2. The van der Waals surface area contributed by atoms with Gasteiger partial charge in [0.1, 0.15) is 6.04 Å². The molecule has 1 amide bonds. The average Bonchev–Trinajstić information content (AvgIpc) is 2.56. The van der Waals surface area contributed by atoms with Gasteiger partial charge in [-0.15, -0.1) is 0 Å². The summed E-state index contributed by atoms with van der Waals surface area (Å²) in [6.07, 6.45) is -2.29. The van der Waals surface area contributed by atoms with E-state index >= 15 is 0 Å². The minimum absolute atomic E-state index is 0.0669. The Bertz CT molecular complexity index is 505.